The van der Waals surface area contributed by atoms with Crippen LogP contribution in [0.4, 0.5) is 0 Å². The van der Waals surface area contributed by atoms with E-state index in [9.17, 15) is 14.7 Å². The first kappa shape index (κ1) is 36.9. The number of esters is 1. The number of allylic oxidation sites excluding steroid dienone is 2. The molecule has 1 heterocycles. The van der Waals surface area contributed by atoms with Gasteiger partial charge in [-0.1, -0.05) is 59.4 Å². The number of hydrogen-bond acceptors (Lipinski definition) is 6. The number of carbonyl (C=O) groups is 2. The smallest absolute Gasteiger partial charge is 0.337 e. The van der Waals surface area contributed by atoms with Crippen molar-refractivity contribution in [1.82, 2.24) is 4.90 Å². The van der Waals surface area contributed by atoms with E-state index in [0.717, 1.165) is 83.4 Å². The van der Waals surface area contributed by atoms with E-state index < -0.39 is 11.4 Å². The van der Waals surface area contributed by atoms with Crippen LogP contribution in [-0.2, 0) is 19.0 Å². The van der Waals surface area contributed by atoms with Crippen molar-refractivity contribution in [2.45, 2.75) is 92.4 Å². The van der Waals surface area contributed by atoms with Crippen molar-refractivity contribution in [3.8, 4) is 0 Å². The lowest BCUT2D eigenvalue weighted by Crippen LogP contribution is -2.66. The number of morpholine rings is 1. The molecule has 1 aromatic rings. The van der Waals surface area contributed by atoms with Gasteiger partial charge in [0.15, 0.2) is 0 Å². The Kier molecular flexibility index (Phi) is 9.70. The summed E-state index contributed by atoms with van der Waals surface area (Å²) in [5, 5.41) is 10.9. The minimum atomic E-state index is -0.649. The van der Waals surface area contributed by atoms with E-state index in [0.29, 0.717) is 36.5 Å². The van der Waals surface area contributed by atoms with E-state index in [2.05, 4.69) is 64.3 Å². The topological polar surface area (TPSA) is 85.3 Å². The highest BCUT2D eigenvalue weighted by atomic mass is 16.5. The van der Waals surface area contributed by atoms with Gasteiger partial charge in [0.05, 0.1) is 44.5 Å². The van der Waals surface area contributed by atoms with Crippen molar-refractivity contribution in [1.29, 1.82) is 0 Å². The Labute approximate surface area is 306 Å². The van der Waals surface area contributed by atoms with Crippen molar-refractivity contribution in [3.63, 3.8) is 0 Å². The molecule has 7 heteroatoms. The van der Waals surface area contributed by atoms with Crippen LogP contribution in [0.5, 0.6) is 0 Å². The van der Waals surface area contributed by atoms with Crippen molar-refractivity contribution < 1.29 is 28.9 Å². The third-order valence-corrected chi connectivity index (χ3v) is 16.5. The number of hydrogen-bond donors (Lipinski definition) is 1. The molecule has 1 saturated heterocycles. The van der Waals surface area contributed by atoms with Crippen LogP contribution in [0, 0.1) is 56.7 Å². The zero-order chi connectivity index (χ0) is 36.4. The molecule has 0 aromatic heterocycles. The number of nitrogens with zero attached hydrogens (tertiary/aromatic N) is 1. The third-order valence-electron chi connectivity index (χ3n) is 16.5. The first-order valence-electron chi connectivity index (χ1n) is 19.9. The average Bonchev–Trinajstić information content (AvgIpc) is 3.52. The van der Waals surface area contributed by atoms with Crippen LogP contribution < -0.4 is 0 Å². The molecule has 280 valence electrons. The Balaban J connectivity index is 1.13. The quantitative estimate of drug-likeness (QED) is 0.157. The largest absolute Gasteiger partial charge is 0.481 e. The number of benzene rings is 1. The summed E-state index contributed by atoms with van der Waals surface area (Å²) in [7, 11) is 1.43. The van der Waals surface area contributed by atoms with Crippen LogP contribution in [0.25, 0.3) is 5.57 Å². The molecule has 0 amide bonds. The van der Waals surface area contributed by atoms with Crippen molar-refractivity contribution in [2.24, 2.45) is 56.7 Å². The molecule has 4 saturated carbocycles. The number of methoxy groups -OCH3 is 1. The molecule has 0 spiro atoms. The number of fused-ring (bicyclic) bond motifs is 7. The molecule has 5 aliphatic carbocycles. The number of carboxylic acid groups (broad SMARTS) is 1. The molecule has 6 aliphatic rings. The number of rotatable bonds is 9. The lowest BCUT2D eigenvalue weighted by molar-refractivity contribution is -0.228. The Morgan fingerprint density at radius 1 is 0.922 bits per heavy atom. The molecule has 0 bridgehead atoms. The third kappa shape index (κ3) is 5.69. The van der Waals surface area contributed by atoms with Crippen LogP contribution in [0.1, 0.15) is 108 Å². The number of carboxylic acids is 1. The summed E-state index contributed by atoms with van der Waals surface area (Å²) in [5.41, 5.74) is 4.01. The van der Waals surface area contributed by atoms with Crippen molar-refractivity contribution in [2.75, 3.05) is 53.2 Å². The number of ether oxygens (including phenoxy) is 3. The highest BCUT2D eigenvalue weighted by Crippen LogP contribution is 2.77. The Morgan fingerprint density at radius 2 is 1.65 bits per heavy atom. The second-order valence-corrected chi connectivity index (χ2v) is 18.6. The van der Waals surface area contributed by atoms with Gasteiger partial charge in [0, 0.05) is 19.6 Å². The Morgan fingerprint density at radius 3 is 2.33 bits per heavy atom. The zero-order valence-electron chi connectivity index (χ0n) is 32.2. The van der Waals surface area contributed by atoms with Crippen LogP contribution in [0.15, 0.2) is 42.5 Å². The van der Waals surface area contributed by atoms with Gasteiger partial charge in [-0.05, 0) is 138 Å². The molecular weight excluding hydrogens is 638 g/mol. The molecule has 7 rings (SSSR count). The summed E-state index contributed by atoms with van der Waals surface area (Å²) in [6.07, 6.45) is 11.7. The fourth-order valence-corrected chi connectivity index (χ4v) is 13.7. The number of aliphatic carboxylic acids is 1. The van der Waals surface area contributed by atoms with Gasteiger partial charge >= 0.3 is 11.9 Å². The van der Waals surface area contributed by atoms with Crippen LogP contribution in [0.3, 0.4) is 0 Å². The van der Waals surface area contributed by atoms with E-state index >= 15 is 0 Å². The summed E-state index contributed by atoms with van der Waals surface area (Å²) in [6, 6.07) is 7.99. The van der Waals surface area contributed by atoms with Gasteiger partial charge in [-0.25, -0.2) is 4.79 Å². The zero-order valence-corrected chi connectivity index (χ0v) is 32.2. The van der Waals surface area contributed by atoms with Gasteiger partial charge in [-0.3, -0.25) is 9.69 Å². The highest BCUT2D eigenvalue weighted by Gasteiger charge is 2.71. The van der Waals surface area contributed by atoms with E-state index in [1.165, 1.54) is 31.1 Å². The predicted molar refractivity (Wildman–Crippen MR) is 200 cm³/mol. The average molecular weight is 702 g/mol. The van der Waals surface area contributed by atoms with Crippen molar-refractivity contribution >= 4 is 17.5 Å². The van der Waals surface area contributed by atoms with Gasteiger partial charge in [-0.15, -0.1) is 0 Å². The SMILES string of the molecule is C=C(COCCN1CCOCC1)[C@@H]1CC[C@]2(C(=O)O)CC[C@]3(C)[C@H](CC[C@@H]4[C@@]5(C)CC=C(c6ccc(C(=O)OC)cc6)C(C)(C)[C@@H]5CC[C@]43C)[C@@H]12. The summed E-state index contributed by atoms with van der Waals surface area (Å²) >= 11 is 0. The summed E-state index contributed by atoms with van der Waals surface area (Å²) < 4.78 is 16.7. The minimum absolute atomic E-state index is 0.0139. The molecule has 7 nitrogen and oxygen atoms in total. The minimum Gasteiger partial charge on any atom is -0.481 e. The summed E-state index contributed by atoms with van der Waals surface area (Å²) in [4.78, 5) is 27.9. The standard InChI is InChI=1S/C44H63NO6/c1-29(28-51-27-24-45-22-25-50-26-23-45)32-14-19-44(39(47)48)21-20-42(5)34(37(32)44)12-13-36-41(4)17-15-33(30-8-10-31(11-9-30)38(46)49-7)40(2,3)35(41)16-18-43(36,42)6/h8-11,15,32,34-37H,1,12-14,16-28H2,2-7H3,(H,47,48)/t32-,34+,35-,36+,37+,41-,42+,43+,44-/m0/s1. The maximum atomic E-state index is 13.3. The molecule has 0 radical (unpaired) electrons. The van der Waals surface area contributed by atoms with Gasteiger partial charge in [0.2, 0.25) is 0 Å². The van der Waals surface area contributed by atoms with Gasteiger partial charge < -0.3 is 19.3 Å². The highest BCUT2D eigenvalue weighted by molar-refractivity contribution is 5.90. The fraction of sp³-hybridized carbons (Fsp3) is 0.727. The maximum Gasteiger partial charge on any atom is 0.337 e. The fourth-order valence-electron chi connectivity index (χ4n) is 13.7. The molecule has 1 aliphatic heterocycles. The molecule has 51 heavy (non-hydrogen) atoms. The van der Waals surface area contributed by atoms with Gasteiger partial charge in [0.1, 0.15) is 0 Å². The second kappa shape index (κ2) is 13.4. The summed E-state index contributed by atoms with van der Waals surface area (Å²) in [6.45, 7) is 22.9. The molecule has 1 N–H and O–H groups in total. The van der Waals surface area contributed by atoms with E-state index in [-0.39, 0.29) is 39.5 Å². The normalized spacial score (nSPS) is 40.2. The number of carbonyl (C=O) groups excluding carboxylic acids is 1. The van der Waals surface area contributed by atoms with E-state index in [1.54, 1.807) is 0 Å². The molecule has 1 aromatic carbocycles. The predicted octanol–water partition coefficient (Wildman–Crippen LogP) is 8.54. The van der Waals surface area contributed by atoms with Crippen molar-refractivity contribution in [3.05, 3.63) is 53.6 Å². The first-order chi connectivity index (χ1) is 24.2. The summed E-state index contributed by atoms with van der Waals surface area (Å²) in [5.74, 6) is 0.933. The van der Waals surface area contributed by atoms with Crippen LogP contribution >= 0.6 is 0 Å². The van der Waals surface area contributed by atoms with E-state index in [4.69, 9.17) is 14.2 Å². The molecule has 0 unspecified atom stereocenters. The van der Waals surface area contributed by atoms with Crippen LogP contribution in [-0.4, -0.2) is 75.1 Å². The Bertz CT molecular complexity index is 1540. The lowest BCUT2D eigenvalue weighted by Gasteiger charge is -2.72. The van der Waals surface area contributed by atoms with Gasteiger partial charge in [0.25, 0.3) is 0 Å². The molecule has 5 fully saturated rings. The molecule has 9 atom stereocenters. The second-order valence-electron chi connectivity index (χ2n) is 18.6. The monoisotopic (exact) mass is 701 g/mol. The maximum absolute atomic E-state index is 13.3. The molecular formula is C44H63NO6. The van der Waals surface area contributed by atoms with Gasteiger partial charge in [-0.2, -0.15) is 0 Å². The lowest BCUT2D eigenvalue weighted by atomic mass is 9.32. The van der Waals surface area contributed by atoms with E-state index in [1.807, 2.05) is 12.1 Å². The Hall–Kier alpha value is -2.48. The first-order valence-corrected chi connectivity index (χ1v) is 19.9. The van der Waals surface area contributed by atoms with Crippen LogP contribution in [0.2, 0.25) is 0 Å².